The topological polar surface area (TPSA) is 40.5 Å². The molecule has 104 valence electrons. The zero-order valence-electron chi connectivity index (χ0n) is 11.2. The van der Waals surface area contributed by atoms with Gasteiger partial charge in [0.05, 0.1) is 6.61 Å². The van der Waals surface area contributed by atoms with E-state index in [1.165, 1.54) is 12.8 Å². The summed E-state index contributed by atoms with van der Waals surface area (Å²) in [5.41, 5.74) is 1.70. The molecule has 1 saturated carbocycles. The van der Waals surface area contributed by atoms with Crippen molar-refractivity contribution in [3.8, 4) is 0 Å². The van der Waals surface area contributed by atoms with Crippen molar-refractivity contribution < 1.29 is 9.90 Å². The molecule has 1 aliphatic rings. The monoisotopic (exact) mass is 325 g/mol. The van der Waals surface area contributed by atoms with E-state index in [1.54, 1.807) is 0 Å². The highest BCUT2D eigenvalue weighted by Crippen LogP contribution is 2.27. The Morgan fingerprint density at radius 1 is 1.42 bits per heavy atom. The van der Waals surface area contributed by atoms with Gasteiger partial charge in [0.25, 0.3) is 5.91 Å². The zero-order chi connectivity index (χ0) is 13.8. The first-order valence-corrected chi connectivity index (χ1v) is 7.61. The number of hydrogen-bond donors (Lipinski definition) is 1. The standard InChI is InChI=1S/C15H20BrNO2/c1-11-13(7-4-8-14(11)16)15(19)17(9-10-18)12-5-2-3-6-12/h4,7-8,12,18H,2-3,5-6,9-10H2,1H3. The van der Waals surface area contributed by atoms with Crippen molar-refractivity contribution in [2.24, 2.45) is 0 Å². The lowest BCUT2D eigenvalue weighted by Crippen LogP contribution is -2.41. The molecule has 0 spiro atoms. The molecule has 1 aliphatic carbocycles. The molecule has 0 heterocycles. The summed E-state index contributed by atoms with van der Waals surface area (Å²) in [7, 11) is 0. The van der Waals surface area contributed by atoms with Gasteiger partial charge in [0, 0.05) is 22.6 Å². The van der Waals surface area contributed by atoms with Gasteiger partial charge in [-0.1, -0.05) is 34.8 Å². The SMILES string of the molecule is Cc1c(Br)cccc1C(=O)N(CCO)C1CCCC1. The van der Waals surface area contributed by atoms with Gasteiger partial charge in [-0.25, -0.2) is 0 Å². The summed E-state index contributed by atoms with van der Waals surface area (Å²) in [5, 5.41) is 9.21. The Hall–Kier alpha value is -0.870. The second-order valence-corrected chi connectivity index (χ2v) is 5.93. The van der Waals surface area contributed by atoms with Gasteiger partial charge in [0.2, 0.25) is 0 Å². The molecule has 1 aromatic rings. The summed E-state index contributed by atoms with van der Waals surface area (Å²) >= 11 is 3.47. The molecule has 4 heteroatoms. The van der Waals surface area contributed by atoms with E-state index in [1.807, 2.05) is 30.0 Å². The maximum Gasteiger partial charge on any atom is 0.254 e. The molecule has 3 nitrogen and oxygen atoms in total. The largest absolute Gasteiger partial charge is 0.395 e. The third kappa shape index (κ3) is 3.18. The van der Waals surface area contributed by atoms with Crippen LogP contribution in [0, 0.1) is 6.92 Å². The van der Waals surface area contributed by atoms with Gasteiger partial charge in [0.15, 0.2) is 0 Å². The van der Waals surface area contributed by atoms with Gasteiger partial charge in [-0.3, -0.25) is 4.79 Å². The molecule has 0 saturated heterocycles. The molecule has 1 fully saturated rings. The quantitative estimate of drug-likeness (QED) is 0.923. The van der Waals surface area contributed by atoms with Gasteiger partial charge in [-0.15, -0.1) is 0 Å². The average molecular weight is 326 g/mol. The number of aliphatic hydroxyl groups excluding tert-OH is 1. The van der Waals surface area contributed by atoms with Crippen molar-refractivity contribution in [3.05, 3.63) is 33.8 Å². The van der Waals surface area contributed by atoms with Crippen LogP contribution in [0.3, 0.4) is 0 Å². The van der Waals surface area contributed by atoms with E-state index in [0.717, 1.165) is 28.4 Å². The van der Waals surface area contributed by atoms with E-state index < -0.39 is 0 Å². The van der Waals surface area contributed by atoms with Crippen molar-refractivity contribution in [3.63, 3.8) is 0 Å². The molecule has 1 aromatic carbocycles. The predicted molar refractivity (Wildman–Crippen MR) is 79.3 cm³/mol. The molecule has 0 bridgehead atoms. The van der Waals surface area contributed by atoms with Crippen LogP contribution in [-0.4, -0.2) is 35.1 Å². The molecular weight excluding hydrogens is 306 g/mol. The van der Waals surface area contributed by atoms with Crippen LogP contribution in [0.2, 0.25) is 0 Å². The summed E-state index contributed by atoms with van der Waals surface area (Å²) in [5.74, 6) is 0.0414. The molecule has 0 aromatic heterocycles. The second-order valence-electron chi connectivity index (χ2n) is 5.07. The van der Waals surface area contributed by atoms with Crippen LogP contribution in [0.1, 0.15) is 41.6 Å². The number of halogens is 1. The molecule has 19 heavy (non-hydrogen) atoms. The number of amides is 1. The van der Waals surface area contributed by atoms with Crippen LogP contribution in [0.4, 0.5) is 0 Å². The minimum Gasteiger partial charge on any atom is -0.395 e. The molecule has 2 rings (SSSR count). The summed E-state index contributed by atoms with van der Waals surface area (Å²) in [6.45, 7) is 2.40. The molecule has 0 atom stereocenters. The van der Waals surface area contributed by atoms with Gasteiger partial charge in [0.1, 0.15) is 0 Å². The number of hydrogen-bond acceptors (Lipinski definition) is 2. The first-order valence-electron chi connectivity index (χ1n) is 6.82. The van der Waals surface area contributed by atoms with Crippen LogP contribution in [0.25, 0.3) is 0 Å². The molecule has 0 aliphatic heterocycles. The Labute approximate surface area is 122 Å². The lowest BCUT2D eigenvalue weighted by Gasteiger charge is -2.29. The van der Waals surface area contributed by atoms with Gasteiger partial charge in [-0.05, 0) is 37.5 Å². The van der Waals surface area contributed by atoms with E-state index in [-0.39, 0.29) is 18.6 Å². The van der Waals surface area contributed by atoms with Crippen molar-refractivity contribution in [1.29, 1.82) is 0 Å². The summed E-state index contributed by atoms with van der Waals surface area (Å²) < 4.78 is 0.953. The van der Waals surface area contributed by atoms with Crippen molar-refractivity contribution in [1.82, 2.24) is 4.90 Å². The molecule has 1 amide bonds. The number of nitrogens with zero attached hydrogens (tertiary/aromatic N) is 1. The lowest BCUT2D eigenvalue weighted by atomic mass is 10.1. The van der Waals surface area contributed by atoms with E-state index >= 15 is 0 Å². The van der Waals surface area contributed by atoms with Crippen molar-refractivity contribution in [2.45, 2.75) is 38.6 Å². The van der Waals surface area contributed by atoms with E-state index in [9.17, 15) is 9.90 Å². The highest BCUT2D eigenvalue weighted by atomic mass is 79.9. The molecule has 0 unspecified atom stereocenters. The Kier molecular flexibility index (Phi) is 4.99. The van der Waals surface area contributed by atoms with E-state index in [4.69, 9.17) is 0 Å². The Morgan fingerprint density at radius 3 is 2.74 bits per heavy atom. The maximum atomic E-state index is 12.7. The highest BCUT2D eigenvalue weighted by molar-refractivity contribution is 9.10. The third-order valence-corrected chi connectivity index (χ3v) is 4.72. The van der Waals surface area contributed by atoms with E-state index in [0.29, 0.717) is 6.54 Å². The average Bonchev–Trinajstić information content (AvgIpc) is 2.92. The minimum absolute atomic E-state index is 0.0231. The minimum atomic E-state index is 0.0231. The third-order valence-electron chi connectivity index (χ3n) is 3.87. The van der Waals surface area contributed by atoms with Crippen LogP contribution in [-0.2, 0) is 0 Å². The first-order chi connectivity index (χ1) is 9.15. The summed E-state index contributed by atoms with van der Waals surface area (Å²) in [6, 6.07) is 5.98. The second kappa shape index (κ2) is 6.53. The fourth-order valence-electron chi connectivity index (χ4n) is 2.77. The number of aliphatic hydroxyl groups is 1. The number of carbonyl (C=O) groups is 1. The van der Waals surface area contributed by atoms with Crippen LogP contribution >= 0.6 is 15.9 Å². The normalized spacial score (nSPS) is 15.7. The molecular formula is C15H20BrNO2. The lowest BCUT2D eigenvalue weighted by molar-refractivity contribution is 0.0637. The van der Waals surface area contributed by atoms with Gasteiger partial charge in [-0.2, -0.15) is 0 Å². The molecule has 1 N–H and O–H groups in total. The number of carbonyl (C=O) groups excluding carboxylic acids is 1. The number of benzene rings is 1. The van der Waals surface area contributed by atoms with Crippen LogP contribution in [0.5, 0.6) is 0 Å². The maximum absolute atomic E-state index is 12.7. The smallest absolute Gasteiger partial charge is 0.254 e. The summed E-state index contributed by atoms with van der Waals surface area (Å²) in [4.78, 5) is 14.5. The van der Waals surface area contributed by atoms with Gasteiger partial charge < -0.3 is 10.0 Å². The van der Waals surface area contributed by atoms with Crippen LogP contribution in [0.15, 0.2) is 22.7 Å². The van der Waals surface area contributed by atoms with Crippen LogP contribution < -0.4 is 0 Å². The van der Waals surface area contributed by atoms with Crippen molar-refractivity contribution in [2.75, 3.05) is 13.2 Å². The highest BCUT2D eigenvalue weighted by Gasteiger charge is 2.27. The fraction of sp³-hybridized carbons (Fsp3) is 0.533. The number of rotatable bonds is 4. The molecule has 0 radical (unpaired) electrons. The predicted octanol–water partition coefficient (Wildman–Crippen LogP) is 3.13. The Morgan fingerprint density at radius 2 is 2.11 bits per heavy atom. The van der Waals surface area contributed by atoms with E-state index in [2.05, 4.69) is 15.9 Å². The first kappa shape index (κ1) is 14.5. The fourth-order valence-corrected chi connectivity index (χ4v) is 3.13. The Balaban J connectivity index is 2.25. The Bertz CT molecular complexity index is 455. The van der Waals surface area contributed by atoms with Gasteiger partial charge >= 0.3 is 0 Å². The zero-order valence-corrected chi connectivity index (χ0v) is 12.8. The summed E-state index contributed by atoms with van der Waals surface area (Å²) in [6.07, 6.45) is 4.46. The van der Waals surface area contributed by atoms with Crippen molar-refractivity contribution >= 4 is 21.8 Å².